The second-order valence-electron chi connectivity index (χ2n) is 10.4. The van der Waals surface area contributed by atoms with Gasteiger partial charge in [-0.2, -0.15) is 0 Å². The molecule has 1 atom stereocenters. The molecule has 1 aliphatic rings. The Labute approximate surface area is 256 Å². The van der Waals surface area contributed by atoms with Crippen molar-refractivity contribution in [2.75, 3.05) is 10.8 Å². The van der Waals surface area contributed by atoms with E-state index in [1.807, 2.05) is 24.3 Å². The molecule has 0 bridgehead atoms. The van der Waals surface area contributed by atoms with Crippen LogP contribution in [0.15, 0.2) is 82.2 Å². The Hall–Kier alpha value is -2.88. The topological polar surface area (TPSA) is 86.8 Å². The quantitative estimate of drug-likeness (QED) is 0.270. The molecule has 7 nitrogen and oxygen atoms in total. The standard InChI is InChI=1S/C31H35BrClN3O4S/c1-22-18-26(33)16-17-29(22)36(41(39,40)28-14-7-4-8-15-28)21-30(37)35(20-24-10-9-11-25(32)19-24)23(2)31(38)34-27-12-5-3-6-13-27/h4,7-11,14-19,23,27H,3,5-6,12-13,20-21H2,1-2H3,(H,34,38)/t23-/m0/s1. The summed E-state index contributed by atoms with van der Waals surface area (Å²) in [5.74, 6) is -0.745. The molecule has 218 valence electrons. The number of anilines is 1. The van der Waals surface area contributed by atoms with Gasteiger partial charge in [-0.3, -0.25) is 13.9 Å². The van der Waals surface area contributed by atoms with Gasteiger partial charge in [-0.15, -0.1) is 0 Å². The zero-order chi connectivity index (χ0) is 29.6. The summed E-state index contributed by atoms with van der Waals surface area (Å²) in [4.78, 5) is 29.0. The van der Waals surface area contributed by atoms with E-state index in [2.05, 4.69) is 21.2 Å². The van der Waals surface area contributed by atoms with Crippen LogP contribution in [-0.2, 0) is 26.2 Å². The maximum Gasteiger partial charge on any atom is 0.264 e. The number of halogens is 2. The number of aryl methyl sites for hydroxylation is 1. The van der Waals surface area contributed by atoms with E-state index >= 15 is 0 Å². The molecule has 0 aromatic heterocycles. The number of amides is 2. The summed E-state index contributed by atoms with van der Waals surface area (Å²) < 4.78 is 29.8. The molecular weight excluding hydrogens is 626 g/mol. The van der Waals surface area contributed by atoms with Crippen LogP contribution >= 0.6 is 27.5 Å². The highest BCUT2D eigenvalue weighted by atomic mass is 79.9. The molecule has 0 saturated heterocycles. The lowest BCUT2D eigenvalue weighted by Crippen LogP contribution is -2.53. The number of benzene rings is 3. The molecule has 10 heteroatoms. The summed E-state index contributed by atoms with van der Waals surface area (Å²) in [6.45, 7) is 3.08. The van der Waals surface area contributed by atoms with Crippen molar-refractivity contribution in [1.29, 1.82) is 0 Å². The number of rotatable bonds is 10. The van der Waals surface area contributed by atoms with Crippen molar-refractivity contribution < 1.29 is 18.0 Å². The molecule has 0 unspecified atom stereocenters. The van der Waals surface area contributed by atoms with Crippen molar-refractivity contribution >= 4 is 55.1 Å². The van der Waals surface area contributed by atoms with Gasteiger partial charge in [0.1, 0.15) is 12.6 Å². The SMILES string of the molecule is Cc1cc(Cl)ccc1N(CC(=O)N(Cc1cccc(Br)c1)[C@@H](C)C(=O)NC1CCCCC1)S(=O)(=O)c1ccccc1. The minimum atomic E-state index is -4.13. The lowest BCUT2D eigenvalue weighted by molar-refractivity contribution is -0.139. The smallest absolute Gasteiger partial charge is 0.264 e. The van der Waals surface area contributed by atoms with Crippen LogP contribution in [0.5, 0.6) is 0 Å². The molecule has 1 fully saturated rings. The van der Waals surface area contributed by atoms with Gasteiger partial charge >= 0.3 is 0 Å². The number of nitrogens with zero attached hydrogens (tertiary/aromatic N) is 2. The summed E-state index contributed by atoms with van der Waals surface area (Å²) in [5.41, 5.74) is 1.75. The molecule has 2 amide bonds. The lowest BCUT2D eigenvalue weighted by Gasteiger charge is -2.33. The Balaban J connectivity index is 1.69. The fraction of sp³-hybridized carbons (Fsp3) is 0.355. The van der Waals surface area contributed by atoms with Crippen molar-refractivity contribution in [2.24, 2.45) is 0 Å². The van der Waals surface area contributed by atoms with Crippen LogP contribution in [0.25, 0.3) is 0 Å². The number of sulfonamides is 1. The Kier molecular flexibility index (Phi) is 10.5. The first-order valence-corrected chi connectivity index (χ1v) is 16.4. The third-order valence-corrected chi connectivity index (χ3v) is 9.90. The van der Waals surface area contributed by atoms with Crippen LogP contribution in [-0.4, -0.2) is 43.8 Å². The van der Waals surface area contributed by atoms with E-state index in [1.165, 1.54) is 17.0 Å². The highest BCUT2D eigenvalue weighted by Gasteiger charge is 2.33. The zero-order valence-corrected chi connectivity index (χ0v) is 26.4. The van der Waals surface area contributed by atoms with Gasteiger partial charge in [0.05, 0.1) is 10.6 Å². The molecule has 0 heterocycles. The van der Waals surface area contributed by atoms with Gasteiger partial charge < -0.3 is 10.2 Å². The first-order valence-electron chi connectivity index (χ1n) is 13.7. The minimum absolute atomic E-state index is 0.0591. The Bertz CT molecular complexity index is 1480. The van der Waals surface area contributed by atoms with Crippen molar-refractivity contribution in [3.8, 4) is 0 Å². The van der Waals surface area contributed by atoms with Crippen LogP contribution in [0.4, 0.5) is 5.69 Å². The van der Waals surface area contributed by atoms with Crippen molar-refractivity contribution in [3.05, 3.63) is 93.4 Å². The van der Waals surface area contributed by atoms with E-state index in [-0.39, 0.29) is 23.4 Å². The van der Waals surface area contributed by atoms with Crippen molar-refractivity contribution in [3.63, 3.8) is 0 Å². The first-order chi connectivity index (χ1) is 19.6. The predicted molar refractivity (Wildman–Crippen MR) is 166 cm³/mol. The van der Waals surface area contributed by atoms with Gasteiger partial charge in [0.15, 0.2) is 0 Å². The Morgan fingerprint density at radius 2 is 1.71 bits per heavy atom. The molecule has 1 aliphatic carbocycles. The summed E-state index contributed by atoms with van der Waals surface area (Å²) in [7, 11) is -4.13. The summed E-state index contributed by atoms with van der Waals surface area (Å²) in [6.07, 6.45) is 5.11. The van der Waals surface area contributed by atoms with Gasteiger partial charge in [0.25, 0.3) is 10.0 Å². The van der Waals surface area contributed by atoms with Gasteiger partial charge in [0, 0.05) is 22.1 Å². The van der Waals surface area contributed by atoms with E-state index < -0.39 is 28.5 Å². The number of hydrogen-bond acceptors (Lipinski definition) is 4. The molecular formula is C31H35BrClN3O4S. The first kappa shape index (κ1) is 31.1. The zero-order valence-electron chi connectivity index (χ0n) is 23.2. The molecule has 0 aliphatic heterocycles. The van der Waals surface area contributed by atoms with E-state index in [0.29, 0.717) is 16.3 Å². The lowest BCUT2D eigenvalue weighted by atomic mass is 9.95. The normalized spacial score (nSPS) is 14.7. The highest BCUT2D eigenvalue weighted by molar-refractivity contribution is 9.10. The molecule has 41 heavy (non-hydrogen) atoms. The number of carbonyl (C=O) groups excluding carboxylic acids is 2. The summed E-state index contributed by atoms with van der Waals surface area (Å²) in [6, 6.07) is 19.6. The molecule has 3 aromatic carbocycles. The average molecular weight is 661 g/mol. The Morgan fingerprint density at radius 3 is 2.37 bits per heavy atom. The maximum atomic E-state index is 14.1. The van der Waals surface area contributed by atoms with E-state index in [4.69, 9.17) is 11.6 Å². The number of hydrogen-bond donors (Lipinski definition) is 1. The van der Waals surface area contributed by atoms with Crippen LogP contribution < -0.4 is 9.62 Å². The van der Waals surface area contributed by atoms with Crippen LogP contribution in [0.2, 0.25) is 5.02 Å². The van der Waals surface area contributed by atoms with Crippen LogP contribution in [0.3, 0.4) is 0 Å². The molecule has 1 saturated carbocycles. The summed E-state index contributed by atoms with van der Waals surface area (Å²) in [5, 5.41) is 3.58. The fourth-order valence-electron chi connectivity index (χ4n) is 5.12. The van der Waals surface area contributed by atoms with E-state index in [9.17, 15) is 18.0 Å². The van der Waals surface area contributed by atoms with E-state index in [0.717, 1.165) is 46.4 Å². The molecule has 3 aromatic rings. The molecule has 1 N–H and O–H groups in total. The summed E-state index contributed by atoms with van der Waals surface area (Å²) >= 11 is 9.65. The third-order valence-electron chi connectivity index (χ3n) is 7.40. The number of nitrogens with one attached hydrogen (secondary N) is 1. The fourth-order valence-corrected chi connectivity index (χ4v) is 7.29. The minimum Gasteiger partial charge on any atom is -0.352 e. The second-order valence-corrected chi connectivity index (χ2v) is 13.6. The van der Waals surface area contributed by atoms with Crippen molar-refractivity contribution in [2.45, 2.75) is 69.5 Å². The highest BCUT2D eigenvalue weighted by Crippen LogP contribution is 2.29. The third kappa shape index (κ3) is 7.90. The van der Waals surface area contributed by atoms with Crippen molar-refractivity contribution in [1.82, 2.24) is 10.2 Å². The predicted octanol–water partition coefficient (Wildman–Crippen LogP) is 6.47. The molecule has 0 radical (unpaired) electrons. The van der Waals surface area contributed by atoms with Gasteiger partial charge in [0.2, 0.25) is 11.8 Å². The van der Waals surface area contributed by atoms with Gasteiger partial charge in [-0.1, -0.05) is 77.1 Å². The molecule has 0 spiro atoms. The maximum absolute atomic E-state index is 14.1. The van der Waals surface area contributed by atoms with Crippen LogP contribution in [0, 0.1) is 6.92 Å². The average Bonchev–Trinajstić information content (AvgIpc) is 2.95. The molecule has 4 rings (SSSR count). The second kappa shape index (κ2) is 13.9. The van der Waals surface area contributed by atoms with Gasteiger partial charge in [-0.05, 0) is 80.3 Å². The number of carbonyl (C=O) groups is 2. The monoisotopic (exact) mass is 659 g/mol. The largest absolute Gasteiger partial charge is 0.352 e. The Morgan fingerprint density at radius 1 is 1.00 bits per heavy atom. The van der Waals surface area contributed by atoms with Gasteiger partial charge in [-0.25, -0.2) is 8.42 Å². The van der Waals surface area contributed by atoms with Crippen LogP contribution in [0.1, 0.15) is 50.2 Å². The van der Waals surface area contributed by atoms with E-state index in [1.54, 1.807) is 50.2 Å².